The SMILES string of the molecule is CN1CCN(CC(O)c2ccc(NCc3cnc(Cl)s3)cc2)CC1. The van der Waals surface area contributed by atoms with Crippen LogP contribution >= 0.6 is 22.9 Å². The maximum Gasteiger partial charge on any atom is 0.183 e. The Kier molecular flexibility index (Phi) is 6.08. The molecule has 0 aliphatic carbocycles. The highest BCUT2D eigenvalue weighted by Gasteiger charge is 2.17. The summed E-state index contributed by atoms with van der Waals surface area (Å²) in [4.78, 5) is 9.77. The van der Waals surface area contributed by atoms with Crippen LogP contribution in [0.1, 0.15) is 16.5 Å². The number of aliphatic hydroxyl groups excluding tert-OH is 1. The first kappa shape index (κ1) is 17.6. The van der Waals surface area contributed by atoms with E-state index in [1.54, 1.807) is 6.20 Å². The molecule has 0 spiro atoms. The number of hydrogen-bond donors (Lipinski definition) is 2. The maximum absolute atomic E-state index is 10.4. The lowest BCUT2D eigenvalue weighted by Gasteiger charge is -2.33. The molecule has 2 heterocycles. The highest BCUT2D eigenvalue weighted by molar-refractivity contribution is 7.15. The lowest BCUT2D eigenvalue weighted by molar-refractivity contribution is 0.0805. The molecule has 0 saturated carbocycles. The molecular weight excluding hydrogens is 344 g/mol. The van der Waals surface area contributed by atoms with E-state index in [0.717, 1.165) is 42.3 Å². The van der Waals surface area contributed by atoms with Gasteiger partial charge in [0.2, 0.25) is 0 Å². The number of piperazine rings is 1. The number of hydrogen-bond acceptors (Lipinski definition) is 6. The summed E-state index contributed by atoms with van der Waals surface area (Å²) in [6.45, 7) is 5.57. The van der Waals surface area contributed by atoms with E-state index in [2.05, 4.69) is 27.1 Å². The molecule has 2 aromatic rings. The number of rotatable bonds is 6. The van der Waals surface area contributed by atoms with Gasteiger partial charge >= 0.3 is 0 Å². The zero-order valence-electron chi connectivity index (χ0n) is 13.8. The number of halogens is 1. The fraction of sp³-hybridized carbons (Fsp3) is 0.471. The van der Waals surface area contributed by atoms with Crippen molar-refractivity contribution in [2.24, 2.45) is 0 Å². The molecule has 3 rings (SSSR count). The minimum absolute atomic E-state index is 0.442. The van der Waals surface area contributed by atoms with Gasteiger partial charge in [-0.15, -0.1) is 11.3 Å². The van der Waals surface area contributed by atoms with Gasteiger partial charge in [-0.05, 0) is 24.7 Å². The van der Waals surface area contributed by atoms with Gasteiger partial charge in [0.15, 0.2) is 4.47 Å². The Morgan fingerprint density at radius 2 is 1.96 bits per heavy atom. The van der Waals surface area contributed by atoms with Crippen molar-refractivity contribution in [2.45, 2.75) is 12.6 Å². The molecule has 1 atom stereocenters. The Bertz CT molecular complexity index is 640. The molecule has 1 aliphatic rings. The Morgan fingerprint density at radius 1 is 1.25 bits per heavy atom. The molecule has 1 unspecified atom stereocenters. The van der Waals surface area contributed by atoms with Crippen molar-refractivity contribution in [3.8, 4) is 0 Å². The van der Waals surface area contributed by atoms with Crippen LogP contribution in [0.5, 0.6) is 0 Å². The van der Waals surface area contributed by atoms with Crippen molar-refractivity contribution in [1.29, 1.82) is 0 Å². The van der Waals surface area contributed by atoms with E-state index in [9.17, 15) is 5.11 Å². The van der Waals surface area contributed by atoms with Crippen LogP contribution in [0.15, 0.2) is 30.5 Å². The van der Waals surface area contributed by atoms with E-state index in [0.29, 0.717) is 17.6 Å². The third-order valence-corrected chi connectivity index (χ3v) is 5.43. The topological polar surface area (TPSA) is 51.6 Å². The summed E-state index contributed by atoms with van der Waals surface area (Å²) in [5, 5.41) is 13.8. The molecule has 1 aromatic heterocycles. The average Bonchev–Trinajstić information content (AvgIpc) is 3.01. The number of aromatic nitrogens is 1. The van der Waals surface area contributed by atoms with E-state index >= 15 is 0 Å². The Labute approximate surface area is 151 Å². The fourth-order valence-corrected chi connectivity index (χ4v) is 3.68. The molecule has 2 N–H and O–H groups in total. The molecule has 130 valence electrons. The number of benzene rings is 1. The van der Waals surface area contributed by atoms with Gasteiger partial charge in [-0.1, -0.05) is 23.7 Å². The van der Waals surface area contributed by atoms with Gasteiger partial charge in [0.25, 0.3) is 0 Å². The second kappa shape index (κ2) is 8.27. The summed E-state index contributed by atoms with van der Waals surface area (Å²) in [6, 6.07) is 7.99. The zero-order chi connectivity index (χ0) is 16.9. The van der Waals surface area contributed by atoms with Crippen LogP contribution in [0.4, 0.5) is 5.69 Å². The monoisotopic (exact) mass is 366 g/mol. The minimum atomic E-state index is -0.442. The molecule has 0 radical (unpaired) electrons. The summed E-state index contributed by atoms with van der Waals surface area (Å²) >= 11 is 7.31. The van der Waals surface area contributed by atoms with Gasteiger partial charge in [-0.2, -0.15) is 0 Å². The van der Waals surface area contributed by atoms with Crippen molar-refractivity contribution in [1.82, 2.24) is 14.8 Å². The van der Waals surface area contributed by atoms with E-state index in [4.69, 9.17) is 11.6 Å². The van der Waals surface area contributed by atoms with Gasteiger partial charge in [0.1, 0.15) is 0 Å². The van der Waals surface area contributed by atoms with Gasteiger partial charge in [0, 0.05) is 49.5 Å². The van der Waals surface area contributed by atoms with Crippen LogP contribution in [0.2, 0.25) is 4.47 Å². The highest BCUT2D eigenvalue weighted by Crippen LogP contribution is 2.21. The number of thiazole rings is 1. The van der Waals surface area contributed by atoms with Gasteiger partial charge in [-0.3, -0.25) is 4.90 Å². The van der Waals surface area contributed by atoms with Crippen LogP contribution in [-0.2, 0) is 6.54 Å². The molecule has 1 fully saturated rings. The van der Waals surface area contributed by atoms with Crippen molar-refractivity contribution >= 4 is 28.6 Å². The van der Waals surface area contributed by atoms with E-state index in [1.807, 2.05) is 24.3 Å². The summed E-state index contributed by atoms with van der Waals surface area (Å²) in [5.41, 5.74) is 1.98. The fourth-order valence-electron chi connectivity index (χ4n) is 2.76. The number of likely N-dealkylation sites (N-methyl/N-ethyl adjacent to an activating group) is 1. The second-order valence-electron chi connectivity index (χ2n) is 6.17. The summed E-state index contributed by atoms with van der Waals surface area (Å²) in [5.74, 6) is 0. The van der Waals surface area contributed by atoms with Crippen molar-refractivity contribution < 1.29 is 5.11 Å². The number of β-amino-alcohol motifs (C(OH)–C–C–N with tert-alkyl or cyclic N) is 1. The molecule has 1 aromatic carbocycles. The van der Waals surface area contributed by atoms with Crippen LogP contribution in [0.3, 0.4) is 0 Å². The van der Waals surface area contributed by atoms with E-state index in [1.165, 1.54) is 11.3 Å². The zero-order valence-corrected chi connectivity index (χ0v) is 15.4. The highest BCUT2D eigenvalue weighted by atomic mass is 35.5. The molecule has 1 aliphatic heterocycles. The Hall–Kier alpha value is -1.18. The quantitative estimate of drug-likeness (QED) is 0.823. The largest absolute Gasteiger partial charge is 0.387 e. The Morgan fingerprint density at radius 3 is 2.58 bits per heavy atom. The van der Waals surface area contributed by atoms with Crippen LogP contribution in [-0.4, -0.2) is 59.7 Å². The molecular formula is C17H23ClN4OS. The lowest BCUT2D eigenvalue weighted by Crippen LogP contribution is -2.45. The van der Waals surface area contributed by atoms with E-state index in [-0.39, 0.29) is 0 Å². The molecule has 7 heteroatoms. The van der Waals surface area contributed by atoms with Crippen LogP contribution in [0, 0.1) is 0 Å². The first-order valence-electron chi connectivity index (χ1n) is 8.13. The van der Waals surface area contributed by atoms with Gasteiger partial charge in [-0.25, -0.2) is 4.98 Å². The average molecular weight is 367 g/mol. The summed E-state index contributed by atoms with van der Waals surface area (Å²) < 4.78 is 0.564. The van der Waals surface area contributed by atoms with E-state index < -0.39 is 6.10 Å². The smallest absolute Gasteiger partial charge is 0.183 e. The summed E-state index contributed by atoms with van der Waals surface area (Å²) in [6.07, 6.45) is 1.34. The third-order valence-electron chi connectivity index (χ3n) is 4.31. The number of nitrogens with zero attached hydrogens (tertiary/aromatic N) is 3. The number of aliphatic hydroxyl groups is 1. The molecule has 1 saturated heterocycles. The van der Waals surface area contributed by atoms with Crippen LogP contribution in [0.25, 0.3) is 0 Å². The first-order chi connectivity index (χ1) is 11.6. The predicted octanol–water partition coefficient (Wildman–Crippen LogP) is 2.69. The third kappa shape index (κ3) is 4.91. The number of nitrogens with one attached hydrogen (secondary N) is 1. The number of anilines is 1. The molecule has 24 heavy (non-hydrogen) atoms. The van der Waals surface area contributed by atoms with Crippen molar-refractivity contribution in [2.75, 3.05) is 45.1 Å². The lowest BCUT2D eigenvalue weighted by atomic mass is 10.1. The molecule has 5 nitrogen and oxygen atoms in total. The maximum atomic E-state index is 10.4. The first-order valence-corrected chi connectivity index (χ1v) is 9.32. The minimum Gasteiger partial charge on any atom is -0.387 e. The van der Waals surface area contributed by atoms with Gasteiger partial charge in [0.05, 0.1) is 12.6 Å². The molecule has 0 amide bonds. The molecule has 0 bridgehead atoms. The van der Waals surface area contributed by atoms with Crippen LogP contribution < -0.4 is 5.32 Å². The predicted molar refractivity (Wildman–Crippen MR) is 99.8 cm³/mol. The van der Waals surface area contributed by atoms with Crippen molar-refractivity contribution in [3.63, 3.8) is 0 Å². The second-order valence-corrected chi connectivity index (χ2v) is 7.87. The standard InChI is InChI=1S/C17H23ClN4OS/c1-21-6-8-22(9-7-21)12-16(23)13-2-4-14(5-3-13)19-10-15-11-20-17(18)24-15/h2-5,11,16,19,23H,6-10,12H2,1H3. The Balaban J connectivity index is 1.49. The van der Waals surface area contributed by atoms with Crippen molar-refractivity contribution in [3.05, 3.63) is 45.4 Å². The summed E-state index contributed by atoms with van der Waals surface area (Å²) in [7, 11) is 2.14. The normalized spacial score (nSPS) is 17.8. The van der Waals surface area contributed by atoms with Gasteiger partial charge < -0.3 is 15.3 Å².